The fourth-order valence-electron chi connectivity index (χ4n) is 2.73. The van der Waals surface area contributed by atoms with Crippen molar-refractivity contribution in [1.29, 1.82) is 5.26 Å². The van der Waals surface area contributed by atoms with E-state index in [1.807, 2.05) is 6.07 Å². The maximum atomic E-state index is 13.3. The number of methoxy groups -OCH3 is 1. The van der Waals surface area contributed by atoms with Crippen molar-refractivity contribution in [2.45, 2.75) is 6.61 Å². The second kappa shape index (κ2) is 10.0. The van der Waals surface area contributed by atoms with Crippen molar-refractivity contribution in [3.05, 3.63) is 95.1 Å². The van der Waals surface area contributed by atoms with Gasteiger partial charge < -0.3 is 14.8 Å². The van der Waals surface area contributed by atoms with Crippen molar-refractivity contribution in [1.82, 2.24) is 0 Å². The van der Waals surface area contributed by atoms with Crippen LogP contribution in [0.4, 0.5) is 14.5 Å². The van der Waals surface area contributed by atoms with Crippen LogP contribution in [0.5, 0.6) is 11.5 Å². The minimum atomic E-state index is -0.625. The van der Waals surface area contributed by atoms with E-state index in [9.17, 15) is 18.8 Å². The number of rotatable bonds is 7. The van der Waals surface area contributed by atoms with Gasteiger partial charge in [0, 0.05) is 5.69 Å². The highest BCUT2D eigenvalue weighted by molar-refractivity contribution is 6.09. The zero-order valence-corrected chi connectivity index (χ0v) is 16.6. The number of nitriles is 1. The number of hydrogen-bond donors (Lipinski definition) is 1. The Morgan fingerprint density at radius 1 is 1.03 bits per heavy atom. The molecule has 5 nitrogen and oxygen atoms in total. The summed E-state index contributed by atoms with van der Waals surface area (Å²) in [5.74, 6) is -0.587. The minimum absolute atomic E-state index is 0.139. The number of amides is 1. The monoisotopic (exact) mass is 420 g/mol. The van der Waals surface area contributed by atoms with E-state index in [1.165, 1.54) is 49.6 Å². The third kappa shape index (κ3) is 5.90. The Labute approximate surface area is 178 Å². The number of carbonyl (C=O) groups excluding carboxylic acids is 1. The average molecular weight is 420 g/mol. The van der Waals surface area contributed by atoms with Crippen LogP contribution in [-0.2, 0) is 11.4 Å². The molecule has 0 spiro atoms. The lowest BCUT2D eigenvalue weighted by Gasteiger charge is -2.12. The summed E-state index contributed by atoms with van der Waals surface area (Å²) in [6.45, 7) is 0.146. The minimum Gasteiger partial charge on any atom is -0.493 e. The maximum Gasteiger partial charge on any atom is 0.266 e. The van der Waals surface area contributed by atoms with Crippen molar-refractivity contribution >= 4 is 17.7 Å². The van der Waals surface area contributed by atoms with E-state index in [-0.39, 0.29) is 18.0 Å². The molecular formula is C24H18F2N2O3. The lowest BCUT2D eigenvalue weighted by molar-refractivity contribution is -0.112. The van der Waals surface area contributed by atoms with Gasteiger partial charge in [0.15, 0.2) is 11.5 Å². The number of nitrogens with zero attached hydrogens (tertiary/aromatic N) is 1. The van der Waals surface area contributed by atoms with E-state index >= 15 is 0 Å². The molecule has 0 aliphatic rings. The Morgan fingerprint density at radius 3 is 2.48 bits per heavy atom. The number of anilines is 1. The Balaban J connectivity index is 1.74. The fourth-order valence-corrected chi connectivity index (χ4v) is 2.73. The first-order chi connectivity index (χ1) is 15.0. The molecule has 0 radical (unpaired) electrons. The lowest BCUT2D eigenvalue weighted by atomic mass is 10.1. The molecule has 0 heterocycles. The molecule has 0 unspecified atom stereocenters. The lowest BCUT2D eigenvalue weighted by Crippen LogP contribution is -2.13. The molecule has 3 aromatic carbocycles. The van der Waals surface area contributed by atoms with Gasteiger partial charge in [0.25, 0.3) is 5.91 Å². The molecule has 0 aliphatic heterocycles. The van der Waals surface area contributed by atoms with Crippen LogP contribution >= 0.6 is 0 Å². The summed E-state index contributed by atoms with van der Waals surface area (Å²) in [5, 5.41) is 11.9. The topological polar surface area (TPSA) is 71.3 Å². The number of carbonyl (C=O) groups is 1. The quantitative estimate of drug-likeness (QED) is 0.427. The largest absolute Gasteiger partial charge is 0.493 e. The van der Waals surface area contributed by atoms with Gasteiger partial charge in [-0.05, 0) is 65.7 Å². The molecule has 0 fully saturated rings. The van der Waals surface area contributed by atoms with Crippen LogP contribution in [0.25, 0.3) is 6.08 Å². The van der Waals surface area contributed by atoms with Crippen LogP contribution in [0.3, 0.4) is 0 Å². The van der Waals surface area contributed by atoms with Gasteiger partial charge in [-0.15, -0.1) is 0 Å². The summed E-state index contributed by atoms with van der Waals surface area (Å²) in [7, 11) is 1.46. The number of nitrogens with one attached hydrogen (secondary N) is 1. The Bertz CT molecular complexity index is 1150. The molecule has 1 amide bonds. The van der Waals surface area contributed by atoms with E-state index in [4.69, 9.17) is 9.47 Å². The smallest absolute Gasteiger partial charge is 0.266 e. The van der Waals surface area contributed by atoms with Gasteiger partial charge in [0.2, 0.25) is 0 Å². The average Bonchev–Trinajstić information content (AvgIpc) is 2.77. The van der Waals surface area contributed by atoms with Crippen LogP contribution in [0.1, 0.15) is 11.1 Å². The summed E-state index contributed by atoms with van der Waals surface area (Å²) in [4.78, 5) is 12.4. The van der Waals surface area contributed by atoms with E-state index in [1.54, 1.807) is 30.3 Å². The van der Waals surface area contributed by atoms with Crippen LogP contribution in [-0.4, -0.2) is 13.0 Å². The molecule has 0 saturated carbocycles. The van der Waals surface area contributed by atoms with Gasteiger partial charge >= 0.3 is 0 Å². The molecule has 0 bridgehead atoms. The standard InChI is InChI=1S/C24H18F2N2O3/c1-30-23-13-16(5-10-22(23)31-15-17-3-2-4-20(26)12-17)11-18(14-27)24(29)28-21-8-6-19(25)7-9-21/h2-13H,15H2,1H3,(H,28,29)/b18-11+. The molecule has 156 valence electrons. The molecule has 0 aliphatic carbocycles. The normalized spacial score (nSPS) is 10.8. The van der Waals surface area contributed by atoms with Gasteiger partial charge in [-0.1, -0.05) is 18.2 Å². The van der Waals surface area contributed by atoms with Crippen LogP contribution < -0.4 is 14.8 Å². The second-order valence-corrected chi connectivity index (χ2v) is 6.46. The number of ether oxygens (including phenoxy) is 2. The van der Waals surface area contributed by atoms with E-state index in [0.29, 0.717) is 28.3 Å². The van der Waals surface area contributed by atoms with Gasteiger partial charge in [-0.25, -0.2) is 8.78 Å². The molecule has 7 heteroatoms. The molecular weight excluding hydrogens is 402 g/mol. The summed E-state index contributed by atoms with van der Waals surface area (Å²) in [5.41, 5.74) is 1.43. The van der Waals surface area contributed by atoms with Crippen molar-refractivity contribution in [2.24, 2.45) is 0 Å². The first-order valence-corrected chi connectivity index (χ1v) is 9.22. The predicted molar refractivity (Wildman–Crippen MR) is 112 cm³/mol. The summed E-state index contributed by atoms with van der Waals surface area (Å²) in [6.07, 6.45) is 1.40. The van der Waals surface area contributed by atoms with Crippen molar-refractivity contribution < 1.29 is 23.0 Å². The highest BCUT2D eigenvalue weighted by Crippen LogP contribution is 2.30. The van der Waals surface area contributed by atoms with E-state index in [2.05, 4.69) is 5.32 Å². The number of benzene rings is 3. The summed E-state index contributed by atoms with van der Waals surface area (Å²) < 4.78 is 37.3. The zero-order valence-electron chi connectivity index (χ0n) is 16.6. The summed E-state index contributed by atoms with van der Waals surface area (Å²) in [6, 6.07) is 18.0. The Kier molecular flexibility index (Phi) is 6.97. The number of halogens is 2. The first kappa shape index (κ1) is 21.5. The predicted octanol–water partition coefficient (Wildman–Crippen LogP) is 5.10. The highest BCUT2D eigenvalue weighted by atomic mass is 19.1. The maximum absolute atomic E-state index is 13.3. The van der Waals surface area contributed by atoms with E-state index in [0.717, 1.165) is 0 Å². The molecule has 31 heavy (non-hydrogen) atoms. The van der Waals surface area contributed by atoms with Crippen LogP contribution in [0.2, 0.25) is 0 Å². The highest BCUT2D eigenvalue weighted by Gasteiger charge is 2.11. The molecule has 0 saturated heterocycles. The van der Waals surface area contributed by atoms with Crippen molar-refractivity contribution in [3.63, 3.8) is 0 Å². The number of hydrogen-bond acceptors (Lipinski definition) is 4. The van der Waals surface area contributed by atoms with Gasteiger partial charge in [0.05, 0.1) is 7.11 Å². The first-order valence-electron chi connectivity index (χ1n) is 9.22. The van der Waals surface area contributed by atoms with Crippen LogP contribution in [0, 0.1) is 23.0 Å². The molecule has 0 atom stereocenters. The second-order valence-electron chi connectivity index (χ2n) is 6.46. The molecule has 3 aromatic rings. The Hall–Kier alpha value is -4.18. The zero-order chi connectivity index (χ0) is 22.2. The third-order valence-corrected chi connectivity index (χ3v) is 4.25. The SMILES string of the molecule is COc1cc(/C=C(\C#N)C(=O)Nc2ccc(F)cc2)ccc1OCc1cccc(F)c1. The summed E-state index contributed by atoms with van der Waals surface area (Å²) >= 11 is 0. The van der Waals surface area contributed by atoms with Gasteiger partial charge in [-0.3, -0.25) is 4.79 Å². The molecule has 0 aromatic heterocycles. The fraction of sp³-hybridized carbons (Fsp3) is 0.0833. The molecule has 1 N–H and O–H groups in total. The van der Waals surface area contributed by atoms with Crippen molar-refractivity contribution in [2.75, 3.05) is 12.4 Å². The Morgan fingerprint density at radius 2 is 1.81 bits per heavy atom. The van der Waals surface area contributed by atoms with Crippen LogP contribution in [0.15, 0.2) is 72.3 Å². The third-order valence-electron chi connectivity index (χ3n) is 4.25. The van der Waals surface area contributed by atoms with Gasteiger partial charge in [-0.2, -0.15) is 5.26 Å². The van der Waals surface area contributed by atoms with Crippen molar-refractivity contribution in [3.8, 4) is 17.6 Å². The van der Waals surface area contributed by atoms with E-state index < -0.39 is 11.7 Å². The molecule has 3 rings (SSSR count). The van der Waals surface area contributed by atoms with Gasteiger partial charge in [0.1, 0.15) is 29.9 Å².